The van der Waals surface area contributed by atoms with Gasteiger partial charge in [-0.25, -0.2) is 13.6 Å². The number of aryl methyl sites for hydroxylation is 1. The number of halogens is 4. The zero-order valence-corrected chi connectivity index (χ0v) is 24.4. The van der Waals surface area contributed by atoms with Crippen molar-refractivity contribution in [2.45, 2.75) is 45.8 Å². The summed E-state index contributed by atoms with van der Waals surface area (Å²) in [6, 6.07) is 2.66. The number of carbonyl (C=O) groups excluding carboxylic acids is 1. The SMILES string of the molecule is C=CC(=O)N1CCN(c2nc(=O)n(-c3c(C)ccnc3C(C)C)c3c4c(ncc23)-c2c(ccc(F)c2F)C(F)(F)O4)[C@@H](C)C1. The molecule has 0 unspecified atom stereocenters. The number of hydrogen-bond donors (Lipinski definition) is 0. The first-order chi connectivity index (χ1) is 20.9. The van der Waals surface area contributed by atoms with Crippen LogP contribution < -0.4 is 15.3 Å². The van der Waals surface area contributed by atoms with Crippen molar-refractivity contribution in [3.63, 3.8) is 0 Å². The average molecular weight is 609 g/mol. The van der Waals surface area contributed by atoms with Crippen LogP contribution in [0.5, 0.6) is 5.75 Å². The van der Waals surface area contributed by atoms with E-state index < -0.39 is 40.3 Å². The van der Waals surface area contributed by atoms with E-state index in [0.717, 1.165) is 10.6 Å². The first-order valence-corrected chi connectivity index (χ1v) is 14.0. The van der Waals surface area contributed by atoms with Gasteiger partial charge < -0.3 is 14.5 Å². The van der Waals surface area contributed by atoms with Gasteiger partial charge in [0.15, 0.2) is 17.4 Å². The summed E-state index contributed by atoms with van der Waals surface area (Å²) in [5.41, 5.74) is -1.62. The van der Waals surface area contributed by atoms with E-state index in [4.69, 9.17) is 4.74 Å². The van der Waals surface area contributed by atoms with Crippen LogP contribution in [-0.4, -0.2) is 56.0 Å². The van der Waals surface area contributed by atoms with Crippen LogP contribution in [0.2, 0.25) is 0 Å². The number of alkyl halides is 2. The number of rotatable bonds is 4. The molecule has 0 bridgehead atoms. The molecule has 13 heteroatoms. The molecule has 5 heterocycles. The molecule has 1 amide bonds. The Balaban J connectivity index is 1.72. The molecular formula is C31H28F4N6O3. The lowest BCUT2D eigenvalue weighted by Gasteiger charge is -2.40. The molecule has 0 saturated carbocycles. The fourth-order valence-corrected chi connectivity index (χ4v) is 5.96. The number of ether oxygens (including phenoxy) is 1. The zero-order valence-electron chi connectivity index (χ0n) is 24.4. The Morgan fingerprint density at radius 3 is 2.61 bits per heavy atom. The summed E-state index contributed by atoms with van der Waals surface area (Å²) in [4.78, 5) is 42.9. The number of nitrogens with zero attached hydrogens (tertiary/aromatic N) is 6. The van der Waals surface area contributed by atoms with Crippen molar-refractivity contribution in [3.05, 3.63) is 82.2 Å². The third-order valence-corrected chi connectivity index (χ3v) is 8.05. The van der Waals surface area contributed by atoms with Gasteiger partial charge in [0.25, 0.3) is 0 Å². The van der Waals surface area contributed by atoms with Crippen LogP contribution in [0, 0.1) is 18.6 Å². The molecule has 3 aromatic heterocycles. The Hall–Kier alpha value is -4.81. The van der Waals surface area contributed by atoms with Gasteiger partial charge in [0, 0.05) is 38.1 Å². The smallest absolute Gasteiger partial charge is 0.424 e. The number of hydrogen-bond acceptors (Lipinski definition) is 7. The maximum atomic E-state index is 15.6. The van der Waals surface area contributed by atoms with Crippen LogP contribution in [-0.2, 0) is 10.9 Å². The van der Waals surface area contributed by atoms with Crippen molar-refractivity contribution >= 4 is 22.6 Å². The van der Waals surface area contributed by atoms with Gasteiger partial charge in [-0.3, -0.25) is 19.3 Å². The molecule has 0 N–H and O–H groups in total. The molecule has 0 aliphatic carbocycles. The Morgan fingerprint density at radius 1 is 1.18 bits per heavy atom. The average Bonchev–Trinajstić information content (AvgIpc) is 2.98. The summed E-state index contributed by atoms with van der Waals surface area (Å²) in [6.07, 6.45) is -0.00760. The van der Waals surface area contributed by atoms with Crippen molar-refractivity contribution < 1.29 is 27.1 Å². The second kappa shape index (κ2) is 10.4. The maximum absolute atomic E-state index is 15.6. The summed E-state index contributed by atoms with van der Waals surface area (Å²) in [5.74, 6) is -3.78. The van der Waals surface area contributed by atoms with E-state index in [1.807, 2.05) is 20.8 Å². The molecule has 2 aliphatic heterocycles. The van der Waals surface area contributed by atoms with E-state index in [0.29, 0.717) is 23.0 Å². The van der Waals surface area contributed by atoms with Gasteiger partial charge in [0.05, 0.1) is 27.9 Å². The van der Waals surface area contributed by atoms with E-state index in [1.54, 1.807) is 29.0 Å². The van der Waals surface area contributed by atoms with E-state index in [9.17, 15) is 14.0 Å². The van der Waals surface area contributed by atoms with Gasteiger partial charge >= 0.3 is 11.8 Å². The van der Waals surface area contributed by atoms with Crippen LogP contribution in [0.25, 0.3) is 27.8 Å². The van der Waals surface area contributed by atoms with Gasteiger partial charge in [-0.2, -0.15) is 13.8 Å². The molecule has 0 radical (unpaired) electrons. The predicted molar refractivity (Wildman–Crippen MR) is 155 cm³/mol. The Bertz CT molecular complexity index is 1930. The van der Waals surface area contributed by atoms with Gasteiger partial charge in [0.1, 0.15) is 17.0 Å². The second-order valence-corrected chi connectivity index (χ2v) is 11.2. The highest BCUT2D eigenvalue weighted by Gasteiger charge is 2.46. The summed E-state index contributed by atoms with van der Waals surface area (Å²) in [6.45, 7) is 11.6. The minimum absolute atomic E-state index is 0.125. The Kier molecular flexibility index (Phi) is 6.93. The summed E-state index contributed by atoms with van der Waals surface area (Å²) in [5, 5.41) is 0.160. The molecule has 2 aliphatic rings. The Morgan fingerprint density at radius 2 is 1.93 bits per heavy atom. The fourth-order valence-electron chi connectivity index (χ4n) is 5.96. The summed E-state index contributed by atoms with van der Waals surface area (Å²) < 4.78 is 67.3. The summed E-state index contributed by atoms with van der Waals surface area (Å²) in [7, 11) is 0. The number of pyridine rings is 2. The Labute approximate surface area is 249 Å². The van der Waals surface area contributed by atoms with Crippen molar-refractivity contribution in [1.29, 1.82) is 0 Å². The van der Waals surface area contributed by atoms with Crippen LogP contribution in [0.1, 0.15) is 43.5 Å². The van der Waals surface area contributed by atoms with E-state index in [1.165, 1.54) is 12.3 Å². The zero-order chi connectivity index (χ0) is 31.7. The number of carbonyl (C=O) groups is 1. The minimum Gasteiger partial charge on any atom is -0.424 e. The van der Waals surface area contributed by atoms with Gasteiger partial charge in [-0.05, 0) is 49.6 Å². The molecule has 44 heavy (non-hydrogen) atoms. The monoisotopic (exact) mass is 608 g/mol. The highest BCUT2D eigenvalue weighted by Crippen LogP contribution is 2.51. The number of benzene rings is 1. The van der Waals surface area contributed by atoms with Gasteiger partial charge in [-0.15, -0.1) is 0 Å². The third kappa shape index (κ3) is 4.40. The lowest BCUT2D eigenvalue weighted by molar-refractivity contribution is -0.186. The number of fused-ring (bicyclic) bond motifs is 5. The first-order valence-electron chi connectivity index (χ1n) is 14.0. The van der Waals surface area contributed by atoms with Crippen LogP contribution in [0.3, 0.4) is 0 Å². The molecule has 4 aromatic rings. The molecule has 1 aromatic carbocycles. The van der Waals surface area contributed by atoms with Gasteiger partial charge in [0.2, 0.25) is 5.91 Å². The standard InChI is InChI=1S/C31H28F4N6O3/c1-6-21(42)39-11-12-40(17(5)14-39)29-18-13-37-25-22-19(7-8-20(32)23(22)33)31(34,35)44-28(25)27(18)41(30(43)38-29)26-16(4)9-10-36-24(26)15(2)3/h6-10,13,15,17H,1,11-12,14H2,2-5H3/t17-/m0/s1. The highest BCUT2D eigenvalue weighted by atomic mass is 19.3. The molecular weight excluding hydrogens is 580 g/mol. The second-order valence-electron chi connectivity index (χ2n) is 11.2. The van der Waals surface area contributed by atoms with E-state index in [2.05, 4.69) is 21.5 Å². The molecule has 9 nitrogen and oxygen atoms in total. The first kappa shape index (κ1) is 29.3. The normalized spacial score (nSPS) is 17.3. The topological polar surface area (TPSA) is 93.5 Å². The van der Waals surface area contributed by atoms with Crippen LogP contribution >= 0.6 is 0 Å². The molecule has 228 valence electrons. The van der Waals surface area contributed by atoms with Crippen molar-refractivity contribution in [2.24, 2.45) is 0 Å². The molecule has 1 atom stereocenters. The number of amides is 1. The quantitative estimate of drug-likeness (QED) is 0.232. The van der Waals surface area contributed by atoms with Crippen molar-refractivity contribution in [1.82, 2.24) is 24.4 Å². The van der Waals surface area contributed by atoms with Crippen molar-refractivity contribution in [3.8, 4) is 22.7 Å². The lowest BCUT2D eigenvalue weighted by atomic mass is 9.97. The third-order valence-electron chi connectivity index (χ3n) is 8.05. The molecule has 6 rings (SSSR count). The van der Waals surface area contributed by atoms with Crippen LogP contribution in [0.4, 0.5) is 23.4 Å². The van der Waals surface area contributed by atoms with Crippen molar-refractivity contribution in [2.75, 3.05) is 24.5 Å². The maximum Gasteiger partial charge on any atom is 0.427 e. The number of aromatic nitrogens is 4. The van der Waals surface area contributed by atoms with Crippen LogP contribution in [0.15, 0.2) is 48.0 Å². The largest absolute Gasteiger partial charge is 0.427 e. The van der Waals surface area contributed by atoms with Gasteiger partial charge in [-0.1, -0.05) is 20.4 Å². The minimum atomic E-state index is -4.09. The fraction of sp³-hybridized carbons (Fsp3) is 0.323. The van der Waals surface area contributed by atoms with E-state index >= 15 is 13.2 Å². The molecule has 0 spiro atoms. The lowest BCUT2D eigenvalue weighted by Crippen LogP contribution is -2.54. The number of piperazine rings is 1. The summed E-state index contributed by atoms with van der Waals surface area (Å²) >= 11 is 0. The predicted octanol–water partition coefficient (Wildman–Crippen LogP) is 5.22. The van der Waals surface area contributed by atoms with E-state index in [-0.39, 0.29) is 59.9 Å². The molecule has 1 fully saturated rings. The number of anilines is 1. The molecule has 1 saturated heterocycles. The highest BCUT2D eigenvalue weighted by molar-refractivity contribution is 5.99.